The highest BCUT2D eigenvalue weighted by atomic mass is 35.5. The molecule has 1 heterocycles. The van der Waals surface area contributed by atoms with E-state index in [0.717, 1.165) is 5.56 Å². The van der Waals surface area contributed by atoms with Crippen LogP contribution in [0.15, 0.2) is 59.8 Å². The van der Waals surface area contributed by atoms with Crippen molar-refractivity contribution in [3.63, 3.8) is 0 Å². The van der Waals surface area contributed by atoms with Gasteiger partial charge >= 0.3 is 0 Å². The van der Waals surface area contributed by atoms with Crippen LogP contribution in [-0.4, -0.2) is 25.5 Å². The Bertz CT molecular complexity index is 1070. The van der Waals surface area contributed by atoms with Gasteiger partial charge in [-0.1, -0.05) is 49.7 Å². The van der Waals surface area contributed by atoms with E-state index in [1.165, 1.54) is 6.33 Å². The van der Waals surface area contributed by atoms with Crippen LogP contribution < -0.4 is 9.46 Å². The lowest BCUT2D eigenvalue weighted by Gasteiger charge is -2.13. The molecule has 2 aromatic carbocycles. The highest BCUT2D eigenvalue weighted by Crippen LogP contribution is 2.34. The number of methoxy groups -OCH3 is 1. The quantitative estimate of drug-likeness (QED) is 0.586. The van der Waals surface area contributed by atoms with E-state index in [1.807, 2.05) is 13.8 Å². The first-order valence-corrected chi connectivity index (χ1v) is 10.5. The zero-order valence-corrected chi connectivity index (χ0v) is 17.3. The fraction of sp³-hybridized carbons (Fsp3) is 0.200. The van der Waals surface area contributed by atoms with Crippen molar-refractivity contribution in [3.8, 4) is 16.9 Å². The second-order valence-corrected chi connectivity index (χ2v) is 8.49. The van der Waals surface area contributed by atoms with E-state index in [1.54, 1.807) is 55.6 Å². The molecule has 0 aliphatic rings. The zero-order chi connectivity index (χ0) is 20.3. The summed E-state index contributed by atoms with van der Waals surface area (Å²) < 4.78 is 33.4. The molecule has 0 aliphatic heterocycles. The van der Waals surface area contributed by atoms with Crippen LogP contribution in [0.5, 0.6) is 5.75 Å². The normalized spacial score (nSPS) is 11.5. The fourth-order valence-electron chi connectivity index (χ4n) is 2.67. The Balaban J connectivity index is 1.98. The Morgan fingerprint density at radius 1 is 1.00 bits per heavy atom. The third-order valence-corrected chi connectivity index (χ3v) is 5.91. The van der Waals surface area contributed by atoms with E-state index in [9.17, 15) is 8.42 Å². The van der Waals surface area contributed by atoms with Crippen LogP contribution in [0, 0.1) is 0 Å². The van der Waals surface area contributed by atoms with Gasteiger partial charge in [0.1, 0.15) is 17.2 Å². The van der Waals surface area contributed by atoms with Gasteiger partial charge in [-0.2, -0.15) is 0 Å². The van der Waals surface area contributed by atoms with Crippen LogP contribution in [0.3, 0.4) is 0 Å². The summed E-state index contributed by atoms with van der Waals surface area (Å²) in [6.07, 6.45) is 1.22. The van der Waals surface area contributed by atoms with E-state index in [4.69, 9.17) is 16.3 Å². The van der Waals surface area contributed by atoms with Gasteiger partial charge in [-0.3, -0.25) is 4.72 Å². The minimum atomic E-state index is -3.84. The topological polar surface area (TPSA) is 81.2 Å². The Labute approximate surface area is 169 Å². The molecule has 6 nitrogen and oxygen atoms in total. The van der Waals surface area contributed by atoms with Gasteiger partial charge in [0.2, 0.25) is 0 Å². The number of hydrogen-bond donors (Lipinski definition) is 1. The van der Waals surface area contributed by atoms with Crippen LogP contribution in [0.1, 0.15) is 25.3 Å². The smallest absolute Gasteiger partial charge is 0.263 e. The summed E-state index contributed by atoms with van der Waals surface area (Å²) in [4.78, 5) is 8.22. The van der Waals surface area contributed by atoms with Crippen molar-refractivity contribution < 1.29 is 13.2 Å². The molecule has 0 amide bonds. The van der Waals surface area contributed by atoms with Gasteiger partial charge in [-0.05, 0) is 41.3 Å². The number of sulfonamides is 1. The number of ether oxygens (including phenoxy) is 1. The molecule has 0 radical (unpaired) electrons. The van der Waals surface area contributed by atoms with Crippen LogP contribution in [0.2, 0.25) is 5.15 Å². The molecule has 0 unspecified atom stereocenters. The summed E-state index contributed by atoms with van der Waals surface area (Å²) in [5.74, 6) is 1.09. The highest BCUT2D eigenvalue weighted by molar-refractivity contribution is 7.92. The number of benzene rings is 2. The number of hydrogen-bond acceptors (Lipinski definition) is 5. The molecule has 0 saturated carbocycles. The van der Waals surface area contributed by atoms with Crippen LogP contribution >= 0.6 is 11.6 Å². The summed E-state index contributed by atoms with van der Waals surface area (Å²) >= 11 is 6.25. The fourth-order valence-corrected chi connectivity index (χ4v) is 3.94. The third-order valence-electron chi connectivity index (χ3n) is 4.27. The number of nitrogens with one attached hydrogen (secondary N) is 1. The second-order valence-electron chi connectivity index (χ2n) is 6.45. The maximum absolute atomic E-state index is 12.8. The Kier molecular flexibility index (Phi) is 5.86. The molecule has 3 rings (SSSR count). The molecule has 1 aromatic heterocycles. The van der Waals surface area contributed by atoms with E-state index < -0.39 is 10.0 Å². The Morgan fingerprint density at radius 3 is 2.21 bits per heavy atom. The minimum absolute atomic E-state index is 0.109. The number of rotatable bonds is 6. The number of nitrogens with zero attached hydrogens (tertiary/aromatic N) is 2. The Hall–Kier alpha value is -2.64. The van der Waals surface area contributed by atoms with Gasteiger partial charge in [0, 0.05) is 0 Å². The average Bonchev–Trinajstić information content (AvgIpc) is 2.68. The summed E-state index contributed by atoms with van der Waals surface area (Å²) in [6.45, 7) is 4.09. The predicted molar refractivity (Wildman–Crippen MR) is 110 cm³/mol. The van der Waals surface area contributed by atoms with Crippen molar-refractivity contribution in [3.05, 3.63) is 65.6 Å². The molecule has 0 atom stereocenters. The van der Waals surface area contributed by atoms with Crippen molar-refractivity contribution >= 4 is 27.4 Å². The number of aromatic nitrogens is 2. The molecule has 0 aliphatic carbocycles. The standard InChI is InChI=1S/C20H20ClN3O3S/c1-13(2)14-6-10-17(11-7-14)28(25,26)24-20-18(19(21)22-12-23-20)15-4-8-16(27-3)9-5-15/h4-13H,1-3H3,(H,22,23,24). The summed E-state index contributed by atoms with van der Waals surface area (Å²) in [5.41, 5.74) is 2.12. The molecule has 0 saturated heterocycles. The summed E-state index contributed by atoms with van der Waals surface area (Å²) in [7, 11) is -2.27. The van der Waals surface area contributed by atoms with Crippen LogP contribution in [-0.2, 0) is 10.0 Å². The zero-order valence-electron chi connectivity index (χ0n) is 15.7. The molecule has 28 heavy (non-hydrogen) atoms. The van der Waals surface area contributed by atoms with Crippen LogP contribution in [0.25, 0.3) is 11.1 Å². The maximum Gasteiger partial charge on any atom is 0.263 e. The van der Waals surface area contributed by atoms with Gasteiger partial charge in [-0.25, -0.2) is 18.4 Å². The van der Waals surface area contributed by atoms with Crippen molar-refractivity contribution in [2.24, 2.45) is 0 Å². The molecule has 3 aromatic rings. The molecule has 146 valence electrons. The molecular weight excluding hydrogens is 398 g/mol. The van der Waals surface area contributed by atoms with Gasteiger partial charge < -0.3 is 4.74 Å². The highest BCUT2D eigenvalue weighted by Gasteiger charge is 2.20. The van der Waals surface area contributed by atoms with E-state index >= 15 is 0 Å². The third kappa shape index (κ3) is 4.26. The van der Waals surface area contributed by atoms with Gasteiger partial charge in [-0.15, -0.1) is 0 Å². The van der Waals surface area contributed by atoms with Crippen molar-refractivity contribution in [2.45, 2.75) is 24.7 Å². The van der Waals surface area contributed by atoms with Crippen molar-refractivity contribution in [1.82, 2.24) is 9.97 Å². The lowest BCUT2D eigenvalue weighted by atomic mass is 10.0. The van der Waals surface area contributed by atoms with Crippen LogP contribution in [0.4, 0.5) is 5.82 Å². The predicted octanol–water partition coefficient (Wildman–Crippen LogP) is 4.73. The van der Waals surface area contributed by atoms with Crippen molar-refractivity contribution in [2.75, 3.05) is 11.8 Å². The SMILES string of the molecule is COc1ccc(-c2c(Cl)ncnc2NS(=O)(=O)c2ccc(C(C)C)cc2)cc1. The molecule has 0 bridgehead atoms. The Morgan fingerprint density at radius 2 is 1.64 bits per heavy atom. The minimum Gasteiger partial charge on any atom is -0.497 e. The maximum atomic E-state index is 12.8. The first-order chi connectivity index (χ1) is 13.3. The molecular formula is C20H20ClN3O3S. The lowest BCUT2D eigenvalue weighted by Crippen LogP contribution is -2.15. The van der Waals surface area contributed by atoms with Gasteiger partial charge in [0.15, 0.2) is 5.82 Å². The van der Waals surface area contributed by atoms with E-state index in [-0.39, 0.29) is 15.9 Å². The lowest BCUT2D eigenvalue weighted by molar-refractivity contribution is 0.415. The summed E-state index contributed by atoms with van der Waals surface area (Å²) in [6, 6.07) is 13.8. The first-order valence-electron chi connectivity index (χ1n) is 8.59. The number of anilines is 1. The summed E-state index contributed by atoms with van der Waals surface area (Å²) in [5, 5.41) is 0.146. The number of halogens is 1. The van der Waals surface area contributed by atoms with Gasteiger partial charge in [0.25, 0.3) is 10.0 Å². The van der Waals surface area contributed by atoms with E-state index in [2.05, 4.69) is 14.7 Å². The van der Waals surface area contributed by atoms with E-state index in [0.29, 0.717) is 22.8 Å². The average molecular weight is 418 g/mol. The monoisotopic (exact) mass is 417 g/mol. The molecule has 1 N–H and O–H groups in total. The first kappa shape index (κ1) is 20.1. The van der Waals surface area contributed by atoms with Gasteiger partial charge in [0.05, 0.1) is 17.6 Å². The molecule has 8 heteroatoms. The molecule has 0 fully saturated rings. The second kappa shape index (κ2) is 8.16. The van der Waals surface area contributed by atoms with Crippen molar-refractivity contribution in [1.29, 1.82) is 0 Å². The largest absolute Gasteiger partial charge is 0.497 e. The molecule has 0 spiro atoms.